The van der Waals surface area contributed by atoms with Gasteiger partial charge in [-0.1, -0.05) is 41.9 Å². The molecular formula is C17H26BrNO2. The molecule has 3 unspecified atom stereocenters. The fourth-order valence-corrected chi connectivity index (χ4v) is 2.80. The lowest BCUT2D eigenvalue weighted by Crippen LogP contribution is -2.60. The van der Waals surface area contributed by atoms with Gasteiger partial charge in [0.25, 0.3) is 0 Å². The molecule has 1 fully saturated rings. The maximum Gasteiger partial charge on any atom is 0.0990 e. The molecule has 1 aromatic rings. The summed E-state index contributed by atoms with van der Waals surface area (Å²) in [6.07, 6.45) is 3.67. The molecule has 0 saturated heterocycles. The van der Waals surface area contributed by atoms with E-state index in [9.17, 15) is 0 Å². The van der Waals surface area contributed by atoms with Crippen LogP contribution in [0.1, 0.15) is 38.7 Å². The molecule has 0 aliphatic heterocycles. The second kappa shape index (κ2) is 8.89. The maximum atomic E-state index is 6.04. The molecule has 1 aromatic carbocycles. The molecule has 0 heterocycles. The average Bonchev–Trinajstić information content (AvgIpc) is 2.48. The summed E-state index contributed by atoms with van der Waals surface area (Å²) in [6, 6.07) is 8.74. The number of nitrogens with one attached hydrogen (secondary N) is 1. The van der Waals surface area contributed by atoms with E-state index in [4.69, 9.17) is 9.47 Å². The molecule has 0 aromatic heterocycles. The van der Waals surface area contributed by atoms with Gasteiger partial charge in [0.2, 0.25) is 0 Å². The maximum absolute atomic E-state index is 6.04. The van der Waals surface area contributed by atoms with Gasteiger partial charge >= 0.3 is 0 Å². The van der Waals surface area contributed by atoms with Crippen molar-refractivity contribution in [1.29, 1.82) is 0 Å². The zero-order valence-corrected chi connectivity index (χ0v) is 14.6. The van der Waals surface area contributed by atoms with Gasteiger partial charge in [0, 0.05) is 17.1 Å². The standard InChI is InChI=1S/C17H26BrNO2/c1-3-9-19-15-11-16(17(15)20-10-4-2)21-12-13-5-7-14(18)8-6-13/h5-8,15-17,19H,3-4,9-12H2,1-2H3. The first-order valence-electron chi connectivity index (χ1n) is 7.95. The van der Waals surface area contributed by atoms with Crippen LogP contribution in [0.4, 0.5) is 0 Å². The summed E-state index contributed by atoms with van der Waals surface area (Å²) in [5.74, 6) is 0. The van der Waals surface area contributed by atoms with Crippen LogP contribution < -0.4 is 5.32 Å². The first kappa shape index (κ1) is 16.9. The molecule has 0 bridgehead atoms. The van der Waals surface area contributed by atoms with E-state index in [1.54, 1.807) is 0 Å². The molecule has 3 nitrogen and oxygen atoms in total. The van der Waals surface area contributed by atoms with Crippen molar-refractivity contribution >= 4 is 15.9 Å². The minimum atomic E-state index is 0.201. The van der Waals surface area contributed by atoms with Crippen LogP contribution in [-0.4, -0.2) is 31.4 Å². The van der Waals surface area contributed by atoms with Crippen LogP contribution in [0.2, 0.25) is 0 Å². The molecular weight excluding hydrogens is 330 g/mol. The highest BCUT2D eigenvalue weighted by molar-refractivity contribution is 9.10. The number of hydrogen-bond donors (Lipinski definition) is 1. The van der Waals surface area contributed by atoms with E-state index in [0.29, 0.717) is 12.6 Å². The Bertz CT molecular complexity index is 410. The summed E-state index contributed by atoms with van der Waals surface area (Å²) >= 11 is 3.45. The van der Waals surface area contributed by atoms with Crippen LogP contribution in [0, 0.1) is 0 Å². The van der Waals surface area contributed by atoms with E-state index < -0.39 is 0 Å². The first-order chi connectivity index (χ1) is 10.2. The van der Waals surface area contributed by atoms with Gasteiger partial charge in [-0.3, -0.25) is 0 Å². The second-order valence-electron chi connectivity index (χ2n) is 5.61. The lowest BCUT2D eigenvalue weighted by molar-refractivity contribution is -0.152. The summed E-state index contributed by atoms with van der Waals surface area (Å²) in [7, 11) is 0. The SMILES string of the molecule is CCCNC1CC(OCc2ccc(Br)cc2)C1OCCC. The van der Waals surface area contributed by atoms with Crippen LogP contribution in [0.3, 0.4) is 0 Å². The number of ether oxygens (including phenoxy) is 2. The van der Waals surface area contributed by atoms with E-state index in [-0.39, 0.29) is 12.2 Å². The Balaban J connectivity index is 1.79. The number of hydrogen-bond acceptors (Lipinski definition) is 3. The highest BCUT2D eigenvalue weighted by atomic mass is 79.9. The molecule has 1 saturated carbocycles. The molecule has 4 heteroatoms. The van der Waals surface area contributed by atoms with Gasteiger partial charge in [0.05, 0.1) is 18.8 Å². The number of rotatable bonds is 9. The molecule has 3 atom stereocenters. The van der Waals surface area contributed by atoms with Gasteiger partial charge in [-0.05, 0) is 43.5 Å². The topological polar surface area (TPSA) is 30.5 Å². The monoisotopic (exact) mass is 355 g/mol. The van der Waals surface area contributed by atoms with Crippen LogP contribution in [0.5, 0.6) is 0 Å². The van der Waals surface area contributed by atoms with Crippen molar-refractivity contribution in [2.75, 3.05) is 13.2 Å². The number of halogens is 1. The third-order valence-corrected chi connectivity index (χ3v) is 4.33. The van der Waals surface area contributed by atoms with Crippen LogP contribution in [-0.2, 0) is 16.1 Å². The lowest BCUT2D eigenvalue weighted by Gasteiger charge is -2.44. The van der Waals surface area contributed by atoms with Gasteiger partial charge in [0.15, 0.2) is 0 Å². The average molecular weight is 356 g/mol. The predicted octanol–water partition coefficient (Wildman–Crippen LogP) is 3.90. The quantitative estimate of drug-likeness (QED) is 0.728. The van der Waals surface area contributed by atoms with Gasteiger partial charge < -0.3 is 14.8 Å². The molecule has 118 valence electrons. The Morgan fingerprint density at radius 1 is 1.14 bits per heavy atom. The summed E-state index contributed by atoms with van der Waals surface area (Å²) in [5.41, 5.74) is 1.21. The van der Waals surface area contributed by atoms with E-state index >= 15 is 0 Å². The minimum absolute atomic E-state index is 0.201. The summed E-state index contributed by atoms with van der Waals surface area (Å²) in [4.78, 5) is 0. The minimum Gasteiger partial charge on any atom is -0.374 e. The summed E-state index contributed by atoms with van der Waals surface area (Å²) in [6.45, 7) is 6.85. The van der Waals surface area contributed by atoms with Crippen molar-refractivity contribution in [2.24, 2.45) is 0 Å². The Labute approximate surface area is 136 Å². The van der Waals surface area contributed by atoms with Crippen molar-refractivity contribution in [2.45, 2.75) is 58.0 Å². The van der Waals surface area contributed by atoms with Crippen molar-refractivity contribution in [3.8, 4) is 0 Å². The van der Waals surface area contributed by atoms with Crippen molar-refractivity contribution in [1.82, 2.24) is 5.32 Å². The highest BCUT2D eigenvalue weighted by Crippen LogP contribution is 2.28. The van der Waals surface area contributed by atoms with Gasteiger partial charge in [-0.15, -0.1) is 0 Å². The predicted molar refractivity (Wildman–Crippen MR) is 89.4 cm³/mol. The fraction of sp³-hybridized carbons (Fsp3) is 0.647. The van der Waals surface area contributed by atoms with Crippen molar-refractivity contribution < 1.29 is 9.47 Å². The Morgan fingerprint density at radius 2 is 1.90 bits per heavy atom. The molecule has 1 N–H and O–H groups in total. The van der Waals surface area contributed by atoms with E-state index in [1.807, 2.05) is 0 Å². The van der Waals surface area contributed by atoms with E-state index in [2.05, 4.69) is 59.4 Å². The lowest BCUT2D eigenvalue weighted by atomic mass is 9.85. The van der Waals surface area contributed by atoms with Gasteiger partial charge in [-0.25, -0.2) is 0 Å². The smallest absolute Gasteiger partial charge is 0.0990 e. The largest absolute Gasteiger partial charge is 0.374 e. The van der Waals surface area contributed by atoms with E-state index in [1.165, 1.54) is 5.56 Å². The first-order valence-corrected chi connectivity index (χ1v) is 8.75. The summed E-state index contributed by atoms with van der Waals surface area (Å²) in [5, 5.41) is 3.55. The van der Waals surface area contributed by atoms with Crippen LogP contribution in [0.15, 0.2) is 28.7 Å². The molecule has 0 spiro atoms. The molecule has 21 heavy (non-hydrogen) atoms. The second-order valence-corrected chi connectivity index (χ2v) is 6.52. The molecule has 2 rings (SSSR count). The van der Waals surface area contributed by atoms with Crippen molar-refractivity contribution in [3.63, 3.8) is 0 Å². The molecule has 1 aliphatic rings. The Kier molecular flexibility index (Phi) is 7.17. The Morgan fingerprint density at radius 3 is 2.57 bits per heavy atom. The molecule has 0 amide bonds. The summed E-state index contributed by atoms with van der Waals surface area (Å²) < 4.78 is 13.1. The van der Waals surface area contributed by atoms with Crippen LogP contribution >= 0.6 is 15.9 Å². The Hall–Kier alpha value is -0.420. The molecule has 0 radical (unpaired) electrons. The number of benzene rings is 1. The zero-order valence-electron chi connectivity index (χ0n) is 13.0. The third-order valence-electron chi connectivity index (χ3n) is 3.80. The van der Waals surface area contributed by atoms with Crippen molar-refractivity contribution in [3.05, 3.63) is 34.3 Å². The van der Waals surface area contributed by atoms with Gasteiger partial charge in [-0.2, -0.15) is 0 Å². The van der Waals surface area contributed by atoms with Gasteiger partial charge in [0.1, 0.15) is 0 Å². The molecule has 1 aliphatic carbocycles. The zero-order chi connectivity index (χ0) is 15.1. The highest BCUT2D eigenvalue weighted by Gasteiger charge is 2.42. The fourth-order valence-electron chi connectivity index (χ4n) is 2.54. The van der Waals surface area contributed by atoms with Crippen LogP contribution in [0.25, 0.3) is 0 Å². The third kappa shape index (κ3) is 5.06. The normalized spacial score (nSPS) is 24.8. The van der Waals surface area contributed by atoms with E-state index in [0.717, 1.165) is 36.9 Å².